The number of guanidine groups is 1. The molecule has 0 atom stereocenters. The van der Waals surface area contributed by atoms with Crippen LogP contribution in [0.25, 0.3) is 0 Å². The number of aliphatic imine (C=N–C) groups is 1. The summed E-state index contributed by atoms with van der Waals surface area (Å²) in [5, 5.41) is 8.56. The zero-order chi connectivity index (χ0) is 19.3. The Morgan fingerprint density at radius 3 is 2.58 bits per heavy atom. The predicted molar refractivity (Wildman–Crippen MR) is 109 cm³/mol. The van der Waals surface area contributed by atoms with Crippen LogP contribution in [-0.2, 0) is 20.0 Å². The largest absolute Gasteiger partial charge is 0.381 e. The molecule has 0 spiro atoms. The summed E-state index contributed by atoms with van der Waals surface area (Å²) >= 11 is 1.73. The van der Waals surface area contributed by atoms with Crippen molar-refractivity contribution in [1.82, 2.24) is 10.6 Å². The van der Waals surface area contributed by atoms with E-state index in [1.54, 1.807) is 11.3 Å². The monoisotopic (exact) mass is 401 g/mol. The SMILES string of the molecule is CCNC(=NCC(C)(C)c1cccs1)NCC1(S(C)(=O)=O)CCOCC1. The third-order valence-corrected chi connectivity index (χ3v) is 8.30. The van der Waals surface area contributed by atoms with Gasteiger partial charge in [-0.05, 0) is 31.2 Å². The molecule has 0 radical (unpaired) electrons. The molecule has 2 rings (SSSR count). The van der Waals surface area contributed by atoms with Crippen molar-refractivity contribution in [2.24, 2.45) is 4.99 Å². The number of thiophene rings is 1. The van der Waals surface area contributed by atoms with Crippen molar-refractivity contribution in [1.29, 1.82) is 0 Å². The molecule has 148 valence electrons. The van der Waals surface area contributed by atoms with Crippen LogP contribution in [0.3, 0.4) is 0 Å². The van der Waals surface area contributed by atoms with E-state index in [1.165, 1.54) is 11.1 Å². The number of ether oxygens (including phenoxy) is 1. The van der Waals surface area contributed by atoms with Crippen LogP contribution < -0.4 is 10.6 Å². The van der Waals surface area contributed by atoms with Crippen molar-refractivity contribution in [2.75, 3.05) is 39.1 Å². The van der Waals surface area contributed by atoms with Gasteiger partial charge in [-0.1, -0.05) is 19.9 Å². The Hall–Kier alpha value is -1.12. The first-order chi connectivity index (χ1) is 12.2. The molecule has 1 fully saturated rings. The molecule has 1 aromatic heterocycles. The smallest absolute Gasteiger partial charge is 0.191 e. The Kier molecular flexibility index (Phi) is 7.10. The van der Waals surface area contributed by atoms with Gasteiger partial charge in [-0.3, -0.25) is 4.99 Å². The number of nitrogens with zero attached hydrogens (tertiary/aromatic N) is 1. The molecule has 1 aliphatic heterocycles. The van der Waals surface area contributed by atoms with Crippen LogP contribution in [0.4, 0.5) is 0 Å². The van der Waals surface area contributed by atoms with Gasteiger partial charge in [-0.15, -0.1) is 11.3 Å². The third-order valence-electron chi connectivity index (χ3n) is 4.93. The van der Waals surface area contributed by atoms with Crippen molar-refractivity contribution in [3.8, 4) is 0 Å². The lowest BCUT2D eigenvalue weighted by molar-refractivity contribution is 0.0756. The highest BCUT2D eigenvalue weighted by atomic mass is 32.2. The second-order valence-electron chi connectivity index (χ2n) is 7.48. The average molecular weight is 402 g/mol. The zero-order valence-electron chi connectivity index (χ0n) is 16.2. The second kappa shape index (κ2) is 8.71. The molecule has 8 heteroatoms. The van der Waals surface area contributed by atoms with E-state index < -0.39 is 14.6 Å². The third kappa shape index (κ3) is 5.20. The molecule has 0 bridgehead atoms. The van der Waals surface area contributed by atoms with Gasteiger partial charge in [0.05, 0.1) is 11.3 Å². The summed E-state index contributed by atoms with van der Waals surface area (Å²) in [7, 11) is -3.20. The lowest BCUT2D eigenvalue weighted by Gasteiger charge is -2.36. The van der Waals surface area contributed by atoms with Crippen molar-refractivity contribution < 1.29 is 13.2 Å². The maximum atomic E-state index is 12.4. The van der Waals surface area contributed by atoms with Gasteiger partial charge in [0, 0.05) is 42.9 Å². The van der Waals surface area contributed by atoms with E-state index in [1.807, 2.05) is 6.92 Å². The molecule has 26 heavy (non-hydrogen) atoms. The van der Waals surface area contributed by atoms with Crippen LogP contribution in [0, 0.1) is 0 Å². The molecule has 0 aliphatic carbocycles. The Morgan fingerprint density at radius 2 is 2.04 bits per heavy atom. The van der Waals surface area contributed by atoms with E-state index in [9.17, 15) is 8.42 Å². The highest BCUT2D eigenvalue weighted by Gasteiger charge is 2.42. The van der Waals surface area contributed by atoms with Gasteiger partial charge < -0.3 is 15.4 Å². The fraction of sp³-hybridized carbons (Fsp3) is 0.722. The van der Waals surface area contributed by atoms with Gasteiger partial charge in [0.25, 0.3) is 0 Å². The van der Waals surface area contributed by atoms with Gasteiger partial charge in [-0.2, -0.15) is 0 Å². The van der Waals surface area contributed by atoms with E-state index in [2.05, 4.69) is 42.0 Å². The molecule has 1 aromatic rings. The van der Waals surface area contributed by atoms with Gasteiger partial charge in [0.1, 0.15) is 0 Å². The zero-order valence-corrected chi connectivity index (χ0v) is 17.8. The van der Waals surface area contributed by atoms with Gasteiger partial charge in [-0.25, -0.2) is 8.42 Å². The topological polar surface area (TPSA) is 79.8 Å². The standard InChI is InChI=1S/C18H31N3O3S2/c1-5-19-16(20-13-17(2,3)15-7-6-12-25-15)21-14-18(26(4,22)23)8-10-24-11-9-18/h6-7,12H,5,8-11,13-14H2,1-4H3,(H2,19,20,21). The number of hydrogen-bond donors (Lipinski definition) is 2. The normalized spacial score (nSPS) is 18.5. The Balaban J connectivity index is 2.09. The molecular weight excluding hydrogens is 370 g/mol. The summed E-state index contributed by atoms with van der Waals surface area (Å²) in [5.41, 5.74) is -0.0658. The Bertz CT molecular complexity index is 691. The van der Waals surface area contributed by atoms with Crippen LogP contribution in [0.1, 0.15) is 38.5 Å². The van der Waals surface area contributed by atoms with Crippen LogP contribution in [0.2, 0.25) is 0 Å². The van der Waals surface area contributed by atoms with E-state index in [0.29, 0.717) is 45.1 Å². The summed E-state index contributed by atoms with van der Waals surface area (Å²) in [6.07, 6.45) is 2.35. The first-order valence-corrected chi connectivity index (χ1v) is 11.8. The van der Waals surface area contributed by atoms with Crippen molar-refractivity contribution in [2.45, 2.75) is 43.8 Å². The average Bonchev–Trinajstić information content (AvgIpc) is 3.13. The van der Waals surface area contributed by atoms with Crippen molar-refractivity contribution >= 4 is 27.1 Å². The minimum atomic E-state index is -3.20. The molecule has 1 saturated heterocycles. The Labute approximate surface area is 161 Å². The molecule has 1 aliphatic rings. The fourth-order valence-corrected chi connectivity index (χ4v) is 5.11. The molecular formula is C18H31N3O3S2. The van der Waals surface area contributed by atoms with E-state index >= 15 is 0 Å². The van der Waals surface area contributed by atoms with Crippen LogP contribution in [0.15, 0.2) is 22.5 Å². The molecule has 0 aromatic carbocycles. The molecule has 0 amide bonds. The molecule has 0 unspecified atom stereocenters. The van der Waals surface area contributed by atoms with Gasteiger partial charge in [0.2, 0.25) is 0 Å². The van der Waals surface area contributed by atoms with E-state index in [0.717, 1.165) is 6.54 Å². The first kappa shape index (κ1) is 21.2. The molecule has 2 heterocycles. The maximum Gasteiger partial charge on any atom is 0.191 e. The second-order valence-corrected chi connectivity index (χ2v) is 10.8. The molecule has 6 nitrogen and oxygen atoms in total. The maximum absolute atomic E-state index is 12.4. The van der Waals surface area contributed by atoms with Crippen LogP contribution in [0.5, 0.6) is 0 Å². The summed E-state index contributed by atoms with van der Waals surface area (Å²) < 4.78 is 29.4. The summed E-state index contributed by atoms with van der Waals surface area (Å²) in [6, 6.07) is 4.18. The van der Waals surface area contributed by atoms with E-state index in [-0.39, 0.29) is 5.41 Å². The number of rotatable bonds is 7. The fourth-order valence-electron chi connectivity index (χ4n) is 3.03. The first-order valence-electron chi connectivity index (χ1n) is 9.04. The van der Waals surface area contributed by atoms with Gasteiger partial charge >= 0.3 is 0 Å². The quantitative estimate of drug-likeness (QED) is 0.541. The lowest BCUT2D eigenvalue weighted by atomic mass is 9.92. The van der Waals surface area contributed by atoms with Crippen molar-refractivity contribution in [3.63, 3.8) is 0 Å². The summed E-state index contributed by atoms with van der Waals surface area (Å²) in [5.74, 6) is 0.659. The molecule has 0 saturated carbocycles. The summed E-state index contributed by atoms with van der Waals surface area (Å²) in [6.45, 7) is 8.99. The number of sulfone groups is 1. The number of nitrogens with one attached hydrogen (secondary N) is 2. The summed E-state index contributed by atoms with van der Waals surface area (Å²) in [4.78, 5) is 6.00. The minimum Gasteiger partial charge on any atom is -0.381 e. The predicted octanol–water partition coefficient (Wildman–Crippen LogP) is 2.17. The Morgan fingerprint density at radius 1 is 1.35 bits per heavy atom. The van der Waals surface area contributed by atoms with Crippen LogP contribution >= 0.6 is 11.3 Å². The van der Waals surface area contributed by atoms with E-state index in [4.69, 9.17) is 9.73 Å². The molecule has 2 N–H and O–H groups in total. The lowest BCUT2D eigenvalue weighted by Crippen LogP contribution is -2.53. The number of hydrogen-bond acceptors (Lipinski definition) is 5. The highest BCUT2D eigenvalue weighted by Crippen LogP contribution is 2.29. The van der Waals surface area contributed by atoms with Crippen LogP contribution in [-0.4, -0.2) is 58.2 Å². The highest BCUT2D eigenvalue weighted by molar-refractivity contribution is 7.92. The van der Waals surface area contributed by atoms with Gasteiger partial charge in [0.15, 0.2) is 15.8 Å². The van der Waals surface area contributed by atoms with Crippen molar-refractivity contribution in [3.05, 3.63) is 22.4 Å². The minimum absolute atomic E-state index is 0.0658.